The fraction of sp³-hybridized carbons (Fsp3) is 0.333. The van der Waals surface area contributed by atoms with Crippen LogP contribution >= 0.6 is 0 Å². The van der Waals surface area contributed by atoms with Crippen molar-refractivity contribution in [3.05, 3.63) is 34.7 Å². The Balaban J connectivity index is 2.60. The molecule has 1 rings (SSSR count). The fourth-order valence-corrected chi connectivity index (χ4v) is 1.39. The maximum Gasteiger partial charge on any atom is 0.276 e. The number of benzene rings is 1. The molecule has 0 aromatic heterocycles. The molecular formula is C12H16N3O3+. The van der Waals surface area contributed by atoms with Crippen molar-refractivity contribution in [3.63, 3.8) is 0 Å². The Hall–Kier alpha value is -2.24. The lowest BCUT2D eigenvalue weighted by Crippen LogP contribution is -2.57. The third-order valence-electron chi connectivity index (χ3n) is 2.19. The first-order chi connectivity index (χ1) is 8.54. The van der Waals surface area contributed by atoms with Crippen LogP contribution in [0.15, 0.2) is 24.3 Å². The van der Waals surface area contributed by atoms with Crippen LogP contribution in [0.25, 0.3) is 0 Å². The Morgan fingerprint density at radius 2 is 1.89 bits per heavy atom. The van der Waals surface area contributed by atoms with E-state index >= 15 is 0 Å². The fourth-order valence-electron chi connectivity index (χ4n) is 1.39. The summed E-state index contributed by atoms with van der Waals surface area (Å²) in [6.45, 7) is 3.80. The van der Waals surface area contributed by atoms with Crippen molar-refractivity contribution in [2.24, 2.45) is 5.92 Å². The molecule has 18 heavy (non-hydrogen) atoms. The molecule has 0 saturated heterocycles. The minimum atomic E-state index is -0.536. The smallest absolute Gasteiger partial charge is 0.273 e. The maximum atomic E-state index is 11.7. The highest BCUT2D eigenvalue weighted by Gasteiger charge is 2.16. The zero-order valence-corrected chi connectivity index (χ0v) is 10.3. The van der Waals surface area contributed by atoms with Gasteiger partial charge in [-0.15, -0.1) is 0 Å². The maximum absolute atomic E-state index is 11.7. The highest BCUT2D eigenvalue weighted by molar-refractivity contribution is 5.98. The largest absolute Gasteiger partial charge is 0.276 e. The first kappa shape index (κ1) is 13.8. The molecule has 0 atom stereocenters. The number of rotatable bonds is 4. The molecule has 1 aromatic rings. The molecule has 1 aromatic carbocycles. The van der Waals surface area contributed by atoms with E-state index in [2.05, 4.69) is 10.9 Å². The summed E-state index contributed by atoms with van der Waals surface area (Å²) in [5.41, 5.74) is 4.90. The van der Waals surface area contributed by atoms with Gasteiger partial charge in [-0.05, 0) is 12.0 Å². The van der Waals surface area contributed by atoms with Gasteiger partial charge in [-0.1, -0.05) is 26.0 Å². The van der Waals surface area contributed by atoms with Gasteiger partial charge in [0.05, 0.1) is 0 Å². The molecule has 0 bridgehead atoms. The normalized spacial score (nSPS) is 9.94. The van der Waals surface area contributed by atoms with E-state index in [1.807, 2.05) is 13.8 Å². The molecule has 96 valence electrons. The van der Waals surface area contributed by atoms with E-state index in [4.69, 9.17) is 0 Å². The predicted octanol–water partition coefficient (Wildman–Crippen LogP) is -0.0278. The van der Waals surface area contributed by atoms with Gasteiger partial charge in [0, 0.05) is 22.6 Å². The lowest BCUT2D eigenvalue weighted by molar-refractivity contribution is -0.379. The summed E-state index contributed by atoms with van der Waals surface area (Å²) in [5.74, 6) is -0.602. The van der Waals surface area contributed by atoms with Gasteiger partial charge in [0.25, 0.3) is 11.6 Å². The van der Waals surface area contributed by atoms with E-state index < -0.39 is 5.91 Å². The van der Waals surface area contributed by atoms with Gasteiger partial charge in [-0.25, -0.2) is 0 Å². The van der Waals surface area contributed by atoms with Crippen molar-refractivity contribution in [3.8, 4) is 0 Å². The summed E-state index contributed by atoms with van der Waals surface area (Å²) in [5, 5.41) is 1.67. The molecule has 6 heteroatoms. The SMILES string of the molecule is CC(C)CC(=O)NNC(=O)c1ccccc1[NH+]=O. The van der Waals surface area contributed by atoms with Crippen LogP contribution in [-0.2, 0) is 4.79 Å². The second-order valence-corrected chi connectivity index (χ2v) is 4.25. The van der Waals surface area contributed by atoms with Gasteiger partial charge in [-0.3, -0.25) is 20.4 Å². The molecule has 2 amide bonds. The monoisotopic (exact) mass is 250 g/mol. The lowest BCUT2D eigenvalue weighted by atomic mass is 10.1. The second-order valence-electron chi connectivity index (χ2n) is 4.25. The molecule has 0 spiro atoms. The van der Waals surface area contributed by atoms with Gasteiger partial charge >= 0.3 is 0 Å². The van der Waals surface area contributed by atoms with Crippen molar-refractivity contribution >= 4 is 17.5 Å². The van der Waals surface area contributed by atoms with E-state index in [0.717, 1.165) is 0 Å². The molecule has 0 fully saturated rings. The van der Waals surface area contributed by atoms with Crippen molar-refractivity contribution in [1.29, 1.82) is 0 Å². The van der Waals surface area contributed by atoms with E-state index in [-0.39, 0.29) is 23.1 Å². The van der Waals surface area contributed by atoms with Crippen LogP contribution in [0.5, 0.6) is 0 Å². The molecule has 0 aliphatic heterocycles. The van der Waals surface area contributed by atoms with Crippen LogP contribution in [0.4, 0.5) is 5.69 Å². The molecule has 0 saturated carbocycles. The van der Waals surface area contributed by atoms with E-state index in [9.17, 15) is 14.5 Å². The van der Waals surface area contributed by atoms with Crippen LogP contribution in [0, 0.1) is 10.8 Å². The zero-order chi connectivity index (χ0) is 13.5. The van der Waals surface area contributed by atoms with Crippen molar-refractivity contribution in [2.75, 3.05) is 0 Å². The van der Waals surface area contributed by atoms with E-state index in [0.29, 0.717) is 6.42 Å². The Bertz CT molecular complexity index is 458. The number of para-hydroxylation sites is 1. The molecule has 6 nitrogen and oxygen atoms in total. The van der Waals surface area contributed by atoms with Gasteiger partial charge < -0.3 is 0 Å². The number of nitrogens with one attached hydrogen (secondary N) is 3. The van der Waals surface area contributed by atoms with Crippen molar-refractivity contribution in [1.82, 2.24) is 10.9 Å². The van der Waals surface area contributed by atoms with Gasteiger partial charge in [-0.2, -0.15) is 0 Å². The number of carbonyl (C=O) groups is 2. The molecular weight excluding hydrogens is 234 g/mol. The number of amides is 2. The first-order valence-electron chi connectivity index (χ1n) is 5.61. The van der Waals surface area contributed by atoms with E-state index in [1.165, 1.54) is 12.1 Å². The lowest BCUT2D eigenvalue weighted by Gasteiger charge is -2.08. The van der Waals surface area contributed by atoms with Crippen molar-refractivity contribution < 1.29 is 14.8 Å². The second kappa shape index (κ2) is 6.48. The highest BCUT2D eigenvalue weighted by Crippen LogP contribution is 2.07. The number of carbonyl (C=O) groups excluding carboxylic acids is 2. The summed E-state index contributed by atoms with van der Waals surface area (Å²) in [4.78, 5) is 33.7. The summed E-state index contributed by atoms with van der Waals surface area (Å²) >= 11 is 0. The quantitative estimate of drug-likeness (QED) is 0.656. The Labute approximate surface area is 105 Å². The standard InChI is InChI=1S/C12H15N3O3/c1-8(2)7-11(16)13-14-12(17)9-5-3-4-6-10(9)15-18/h3-6,8H,7H2,1-2H3,(H,13,16)(H,14,17)/p+1. The summed E-state index contributed by atoms with van der Waals surface area (Å²) in [6, 6.07) is 6.24. The van der Waals surface area contributed by atoms with Crippen LogP contribution in [-0.4, -0.2) is 11.8 Å². The number of hydrogen-bond donors (Lipinski definition) is 3. The highest BCUT2D eigenvalue weighted by atomic mass is 16.3. The number of nitroso groups, excluding NO2 is 1. The Morgan fingerprint density at radius 1 is 1.22 bits per heavy atom. The van der Waals surface area contributed by atoms with Crippen LogP contribution in [0.3, 0.4) is 0 Å². The summed E-state index contributed by atoms with van der Waals surface area (Å²) in [6.07, 6.45) is 0.321. The van der Waals surface area contributed by atoms with E-state index in [1.54, 1.807) is 17.3 Å². The third kappa shape index (κ3) is 3.97. The van der Waals surface area contributed by atoms with Crippen LogP contribution in [0.1, 0.15) is 30.6 Å². The average molecular weight is 250 g/mol. The molecule has 0 radical (unpaired) electrons. The molecule has 0 unspecified atom stereocenters. The van der Waals surface area contributed by atoms with Gasteiger partial charge in [0.2, 0.25) is 5.91 Å². The first-order valence-corrected chi connectivity index (χ1v) is 5.61. The zero-order valence-electron chi connectivity index (χ0n) is 10.3. The number of hydrogen-bond acceptors (Lipinski definition) is 3. The summed E-state index contributed by atoms with van der Waals surface area (Å²) < 4.78 is 0. The molecule has 0 aliphatic rings. The average Bonchev–Trinajstić information content (AvgIpc) is 2.35. The van der Waals surface area contributed by atoms with Crippen molar-refractivity contribution in [2.45, 2.75) is 20.3 Å². The summed E-state index contributed by atoms with van der Waals surface area (Å²) in [7, 11) is 0. The molecule has 0 heterocycles. The third-order valence-corrected chi connectivity index (χ3v) is 2.19. The predicted molar refractivity (Wildman–Crippen MR) is 65.5 cm³/mol. The molecule has 0 aliphatic carbocycles. The number of hydrazine groups is 1. The van der Waals surface area contributed by atoms with Crippen LogP contribution < -0.4 is 16.0 Å². The minimum absolute atomic E-state index is 0.160. The Morgan fingerprint density at radius 3 is 2.50 bits per heavy atom. The Kier molecular flexibility index (Phi) is 4.98. The van der Waals surface area contributed by atoms with Gasteiger partial charge in [0.15, 0.2) is 0 Å². The van der Waals surface area contributed by atoms with Crippen LogP contribution in [0.2, 0.25) is 0 Å². The minimum Gasteiger partial charge on any atom is -0.273 e. The topological polar surface area (TPSA) is 89.2 Å². The van der Waals surface area contributed by atoms with Gasteiger partial charge in [0.1, 0.15) is 5.56 Å². The molecule has 3 N–H and O–H groups in total.